The number of hydrogen-bond donors (Lipinski definition) is 0. The number of carbonyl (C=O) groups is 1. The Morgan fingerprint density at radius 2 is 2.03 bits per heavy atom. The third-order valence-electron chi connectivity index (χ3n) is 5.94. The van der Waals surface area contributed by atoms with Crippen molar-refractivity contribution in [2.75, 3.05) is 6.54 Å². The van der Waals surface area contributed by atoms with E-state index >= 15 is 0 Å². The summed E-state index contributed by atoms with van der Waals surface area (Å²) in [4.78, 5) is 23.4. The second-order valence-electron chi connectivity index (χ2n) is 8.01. The van der Waals surface area contributed by atoms with Crippen LogP contribution in [0.5, 0.6) is 0 Å². The Kier molecular flexibility index (Phi) is 4.97. The van der Waals surface area contributed by atoms with Gasteiger partial charge in [-0.2, -0.15) is 0 Å². The summed E-state index contributed by atoms with van der Waals surface area (Å²) in [5.41, 5.74) is 4.59. The summed E-state index contributed by atoms with van der Waals surface area (Å²) in [6.45, 7) is 4.79. The number of fused-ring (bicyclic) bond motifs is 1. The fourth-order valence-corrected chi connectivity index (χ4v) is 4.11. The zero-order valence-corrected chi connectivity index (χ0v) is 17.5. The predicted molar refractivity (Wildman–Crippen MR) is 113 cm³/mol. The van der Waals surface area contributed by atoms with Gasteiger partial charge in [0.15, 0.2) is 0 Å². The Labute approximate surface area is 179 Å². The first-order chi connectivity index (χ1) is 15.1. The van der Waals surface area contributed by atoms with E-state index in [1.165, 1.54) is 11.1 Å². The molecule has 4 heterocycles. The molecule has 0 aliphatic carbocycles. The van der Waals surface area contributed by atoms with Crippen molar-refractivity contribution in [2.45, 2.75) is 45.6 Å². The van der Waals surface area contributed by atoms with Crippen LogP contribution in [0.3, 0.4) is 0 Å². The molecular formula is C23H23N5O3. The average molecular weight is 417 g/mol. The van der Waals surface area contributed by atoms with Crippen molar-refractivity contribution in [3.8, 4) is 11.6 Å². The van der Waals surface area contributed by atoms with Gasteiger partial charge in [0.2, 0.25) is 11.8 Å². The molecule has 0 spiro atoms. The van der Waals surface area contributed by atoms with Crippen LogP contribution in [0.2, 0.25) is 0 Å². The Morgan fingerprint density at radius 1 is 1.16 bits per heavy atom. The molecule has 1 amide bonds. The van der Waals surface area contributed by atoms with Crippen LogP contribution in [0.15, 0.2) is 45.8 Å². The van der Waals surface area contributed by atoms with Crippen LogP contribution in [-0.4, -0.2) is 37.5 Å². The van der Waals surface area contributed by atoms with E-state index in [4.69, 9.17) is 8.83 Å². The van der Waals surface area contributed by atoms with Crippen molar-refractivity contribution < 1.29 is 13.6 Å². The first-order valence-corrected chi connectivity index (χ1v) is 10.5. The number of hydrogen-bond acceptors (Lipinski definition) is 7. The zero-order valence-electron chi connectivity index (χ0n) is 17.5. The number of amides is 1. The fourth-order valence-electron chi connectivity index (χ4n) is 4.11. The summed E-state index contributed by atoms with van der Waals surface area (Å²) in [6, 6.07) is 3.88. The monoisotopic (exact) mass is 417 g/mol. The van der Waals surface area contributed by atoms with Gasteiger partial charge in [-0.05, 0) is 56.4 Å². The molecule has 1 fully saturated rings. The molecule has 31 heavy (non-hydrogen) atoms. The number of likely N-dealkylation sites (tertiary alicyclic amines) is 1. The molecule has 8 heteroatoms. The standard InChI is InChI=1S/C23H23N5O3/c1-14-9-17-16(13-30-20(17)10-15(14)2)11-21(29)28-8-4-3-5-19(28)23-27-26-22(31-23)18-12-24-6-7-25-18/h6-7,9-10,12-13,19H,3-5,8,11H2,1-2H3/t19-/m0/s1. The van der Waals surface area contributed by atoms with Crippen molar-refractivity contribution in [1.82, 2.24) is 25.1 Å². The highest BCUT2D eigenvalue weighted by Gasteiger charge is 2.32. The minimum Gasteiger partial charge on any atom is -0.464 e. The van der Waals surface area contributed by atoms with E-state index < -0.39 is 0 Å². The van der Waals surface area contributed by atoms with E-state index in [1.54, 1.807) is 24.9 Å². The molecule has 0 N–H and O–H groups in total. The van der Waals surface area contributed by atoms with Gasteiger partial charge in [0.1, 0.15) is 17.3 Å². The second kappa shape index (κ2) is 7.94. The summed E-state index contributed by atoms with van der Waals surface area (Å²) in [5.74, 6) is 0.787. The summed E-state index contributed by atoms with van der Waals surface area (Å²) < 4.78 is 11.6. The van der Waals surface area contributed by atoms with Crippen molar-refractivity contribution in [3.05, 3.63) is 59.6 Å². The molecule has 1 aliphatic rings. The van der Waals surface area contributed by atoms with Gasteiger partial charge in [-0.3, -0.25) is 9.78 Å². The van der Waals surface area contributed by atoms with Gasteiger partial charge in [0, 0.05) is 29.9 Å². The maximum absolute atomic E-state index is 13.3. The van der Waals surface area contributed by atoms with Crippen LogP contribution in [0.25, 0.3) is 22.6 Å². The zero-order chi connectivity index (χ0) is 21.4. The van der Waals surface area contributed by atoms with Crippen LogP contribution in [0.4, 0.5) is 0 Å². The maximum Gasteiger partial charge on any atom is 0.267 e. The number of piperidine rings is 1. The van der Waals surface area contributed by atoms with Crippen LogP contribution in [0, 0.1) is 13.8 Å². The smallest absolute Gasteiger partial charge is 0.267 e. The number of carbonyl (C=O) groups excluding carboxylic acids is 1. The Balaban J connectivity index is 1.39. The summed E-state index contributed by atoms with van der Waals surface area (Å²) >= 11 is 0. The van der Waals surface area contributed by atoms with Crippen molar-refractivity contribution in [3.63, 3.8) is 0 Å². The minimum atomic E-state index is -0.235. The van der Waals surface area contributed by atoms with Gasteiger partial charge < -0.3 is 13.7 Å². The average Bonchev–Trinajstić information content (AvgIpc) is 3.43. The normalized spacial score (nSPS) is 16.7. The van der Waals surface area contributed by atoms with E-state index in [0.29, 0.717) is 24.0 Å². The highest BCUT2D eigenvalue weighted by atomic mass is 16.4. The third-order valence-corrected chi connectivity index (χ3v) is 5.94. The molecule has 4 aromatic rings. The Morgan fingerprint density at radius 3 is 2.87 bits per heavy atom. The lowest BCUT2D eigenvalue weighted by atomic mass is 10.00. The molecule has 0 unspecified atom stereocenters. The number of benzene rings is 1. The van der Waals surface area contributed by atoms with E-state index in [2.05, 4.69) is 40.1 Å². The number of aryl methyl sites for hydroxylation is 2. The molecule has 1 aromatic carbocycles. The largest absolute Gasteiger partial charge is 0.464 e. The van der Waals surface area contributed by atoms with E-state index in [1.807, 2.05) is 11.0 Å². The van der Waals surface area contributed by atoms with Crippen LogP contribution < -0.4 is 0 Å². The predicted octanol–water partition coefficient (Wildman–Crippen LogP) is 4.19. The molecule has 8 nitrogen and oxygen atoms in total. The van der Waals surface area contributed by atoms with Gasteiger partial charge in [-0.15, -0.1) is 10.2 Å². The molecule has 3 aromatic heterocycles. The summed E-state index contributed by atoms with van der Waals surface area (Å²) in [7, 11) is 0. The highest BCUT2D eigenvalue weighted by Crippen LogP contribution is 2.33. The van der Waals surface area contributed by atoms with E-state index in [0.717, 1.165) is 35.8 Å². The Hall–Kier alpha value is -3.55. The molecule has 1 atom stereocenters. The van der Waals surface area contributed by atoms with Gasteiger partial charge in [-0.25, -0.2) is 4.98 Å². The van der Waals surface area contributed by atoms with E-state index in [-0.39, 0.29) is 18.4 Å². The maximum atomic E-state index is 13.3. The Bertz CT molecular complexity index is 1230. The molecule has 1 aliphatic heterocycles. The van der Waals surface area contributed by atoms with Gasteiger partial charge in [0.25, 0.3) is 5.89 Å². The quantitative estimate of drug-likeness (QED) is 0.491. The van der Waals surface area contributed by atoms with Gasteiger partial charge in [-0.1, -0.05) is 0 Å². The van der Waals surface area contributed by atoms with Crippen molar-refractivity contribution >= 4 is 16.9 Å². The van der Waals surface area contributed by atoms with E-state index in [9.17, 15) is 4.79 Å². The fraction of sp³-hybridized carbons (Fsp3) is 0.348. The molecule has 158 valence electrons. The number of furan rings is 1. The SMILES string of the molecule is Cc1cc2occ(CC(=O)N3CCCC[C@H]3c3nnc(-c4cnccn4)o3)c2cc1C. The second-order valence-corrected chi connectivity index (χ2v) is 8.01. The number of rotatable bonds is 4. The molecule has 1 saturated heterocycles. The van der Waals surface area contributed by atoms with Crippen LogP contribution >= 0.6 is 0 Å². The molecule has 0 saturated carbocycles. The lowest BCUT2D eigenvalue weighted by molar-refractivity contribution is -0.134. The molecule has 0 radical (unpaired) electrons. The van der Waals surface area contributed by atoms with Gasteiger partial charge >= 0.3 is 0 Å². The number of nitrogens with zero attached hydrogens (tertiary/aromatic N) is 5. The summed E-state index contributed by atoms with van der Waals surface area (Å²) in [6.07, 6.45) is 9.46. The molecule has 0 bridgehead atoms. The minimum absolute atomic E-state index is 0.0323. The highest BCUT2D eigenvalue weighted by molar-refractivity contribution is 5.88. The van der Waals surface area contributed by atoms with Crippen LogP contribution in [0.1, 0.15) is 47.9 Å². The lowest BCUT2D eigenvalue weighted by Crippen LogP contribution is -2.39. The lowest BCUT2D eigenvalue weighted by Gasteiger charge is -2.33. The third kappa shape index (κ3) is 3.69. The van der Waals surface area contributed by atoms with Gasteiger partial charge in [0.05, 0.1) is 18.9 Å². The topological polar surface area (TPSA) is 98.2 Å². The molecule has 5 rings (SSSR count). The number of aromatic nitrogens is 4. The van der Waals surface area contributed by atoms with Crippen LogP contribution in [-0.2, 0) is 11.2 Å². The van der Waals surface area contributed by atoms with Crippen molar-refractivity contribution in [1.29, 1.82) is 0 Å². The summed E-state index contributed by atoms with van der Waals surface area (Å²) in [5, 5.41) is 9.33. The molecular weight excluding hydrogens is 394 g/mol. The first kappa shape index (κ1) is 19.4. The van der Waals surface area contributed by atoms with Crippen molar-refractivity contribution in [2.24, 2.45) is 0 Å². The first-order valence-electron chi connectivity index (χ1n) is 10.5.